The topological polar surface area (TPSA) is 69.7 Å². The molecule has 0 bridgehead atoms. The Labute approximate surface area is 140 Å². The first kappa shape index (κ1) is 17.0. The zero-order valence-corrected chi connectivity index (χ0v) is 14.6. The monoisotopic (exact) mass is 416 g/mol. The summed E-state index contributed by atoms with van der Waals surface area (Å²) in [6.45, 7) is 1.40. The smallest absolute Gasteiger partial charge is 0.339 e. The summed E-state index contributed by atoms with van der Waals surface area (Å²) in [5.74, 6) is -0.541. The quantitative estimate of drug-likeness (QED) is 0.555. The van der Waals surface area contributed by atoms with E-state index in [0.29, 0.717) is 13.2 Å². The molecule has 1 aromatic carbocycles. The maximum absolute atomic E-state index is 12.0. The number of ether oxygens (including phenoxy) is 2. The number of hydrogen-bond acceptors (Lipinski definition) is 5. The predicted molar refractivity (Wildman–Crippen MR) is 81.4 cm³/mol. The van der Waals surface area contributed by atoms with Gasteiger partial charge in [-0.25, -0.2) is 13.2 Å². The highest BCUT2D eigenvalue weighted by molar-refractivity contribution is 9.10. The van der Waals surface area contributed by atoms with E-state index in [9.17, 15) is 13.2 Å². The van der Waals surface area contributed by atoms with Crippen LogP contribution >= 0.6 is 38.2 Å². The van der Waals surface area contributed by atoms with Crippen LogP contribution in [0.15, 0.2) is 21.5 Å². The van der Waals surface area contributed by atoms with Crippen LogP contribution in [-0.2, 0) is 18.5 Å². The molecule has 0 aliphatic carbocycles. The van der Waals surface area contributed by atoms with E-state index in [4.69, 9.17) is 31.8 Å². The molecule has 0 N–H and O–H groups in total. The van der Waals surface area contributed by atoms with Crippen LogP contribution in [0, 0.1) is 5.92 Å². The highest BCUT2D eigenvalue weighted by Gasteiger charge is 2.23. The molecule has 1 aliphatic rings. The third-order valence-electron chi connectivity index (χ3n) is 2.98. The van der Waals surface area contributed by atoms with Gasteiger partial charge in [-0.1, -0.05) is 11.6 Å². The maximum atomic E-state index is 12.0. The molecular weight excluding hydrogens is 407 g/mol. The number of carbonyl (C=O) groups excluding carboxylic acids is 1. The van der Waals surface area contributed by atoms with Gasteiger partial charge < -0.3 is 9.47 Å². The fraction of sp³-hybridized carbons (Fsp3) is 0.417. The van der Waals surface area contributed by atoms with Gasteiger partial charge in [-0.3, -0.25) is 0 Å². The van der Waals surface area contributed by atoms with E-state index in [1.807, 2.05) is 0 Å². The van der Waals surface area contributed by atoms with Gasteiger partial charge in [0.05, 0.1) is 28.7 Å². The zero-order chi connectivity index (χ0) is 15.6. The third kappa shape index (κ3) is 4.32. The molecule has 0 amide bonds. The predicted octanol–water partition coefficient (Wildman–Crippen LogP) is 3.22. The molecule has 1 fully saturated rings. The Bertz CT molecular complexity index is 656. The molecule has 0 spiro atoms. The molecule has 0 radical (unpaired) electrons. The summed E-state index contributed by atoms with van der Waals surface area (Å²) in [6.07, 6.45) is 0.822. The Morgan fingerprint density at radius 3 is 2.76 bits per heavy atom. The average Bonchev–Trinajstić information content (AvgIpc) is 2.87. The normalized spacial score (nSPS) is 18.7. The van der Waals surface area contributed by atoms with Crippen LogP contribution in [0.3, 0.4) is 0 Å². The van der Waals surface area contributed by atoms with E-state index in [0.717, 1.165) is 12.5 Å². The number of rotatable bonds is 4. The van der Waals surface area contributed by atoms with Crippen molar-refractivity contribution in [1.82, 2.24) is 0 Å². The fourth-order valence-electron chi connectivity index (χ4n) is 1.86. The van der Waals surface area contributed by atoms with Gasteiger partial charge in [0.2, 0.25) is 0 Å². The van der Waals surface area contributed by atoms with Crippen molar-refractivity contribution in [2.45, 2.75) is 11.3 Å². The number of carbonyl (C=O) groups is 1. The zero-order valence-electron chi connectivity index (χ0n) is 10.6. The minimum absolute atomic E-state index is 0.0435. The van der Waals surface area contributed by atoms with Crippen LogP contribution in [0.2, 0.25) is 5.02 Å². The average molecular weight is 418 g/mol. The highest BCUT2D eigenvalue weighted by Crippen LogP contribution is 2.31. The molecule has 2 rings (SSSR count). The van der Waals surface area contributed by atoms with E-state index in [1.165, 1.54) is 6.07 Å². The van der Waals surface area contributed by atoms with E-state index in [-0.39, 0.29) is 32.5 Å². The molecular formula is C12H11BrCl2O5S. The lowest BCUT2D eigenvalue weighted by atomic mass is 10.1. The van der Waals surface area contributed by atoms with Crippen molar-refractivity contribution in [3.05, 3.63) is 27.2 Å². The van der Waals surface area contributed by atoms with Crippen molar-refractivity contribution in [2.75, 3.05) is 19.8 Å². The summed E-state index contributed by atoms with van der Waals surface area (Å²) >= 11 is 8.99. The summed E-state index contributed by atoms with van der Waals surface area (Å²) in [6, 6.07) is 2.40. The number of halogens is 3. The lowest BCUT2D eigenvalue weighted by molar-refractivity contribution is 0.0428. The molecule has 0 saturated carbocycles. The lowest BCUT2D eigenvalue weighted by Gasteiger charge is -2.11. The Kier molecular flexibility index (Phi) is 5.54. The van der Waals surface area contributed by atoms with Crippen LogP contribution < -0.4 is 0 Å². The van der Waals surface area contributed by atoms with Crippen LogP contribution in [-0.4, -0.2) is 34.2 Å². The molecule has 1 aromatic rings. The second-order valence-electron chi connectivity index (χ2n) is 4.53. The Hall–Kier alpha value is -0.340. The summed E-state index contributed by atoms with van der Waals surface area (Å²) < 4.78 is 33.4. The van der Waals surface area contributed by atoms with E-state index in [2.05, 4.69) is 15.9 Å². The van der Waals surface area contributed by atoms with Crippen molar-refractivity contribution >= 4 is 53.2 Å². The molecule has 1 unspecified atom stereocenters. The van der Waals surface area contributed by atoms with Crippen LogP contribution in [0.5, 0.6) is 0 Å². The van der Waals surface area contributed by atoms with Gasteiger partial charge in [0, 0.05) is 27.7 Å². The van der Waals surface area contributed by atoms with Gasteiger partial charge in [-0.2, -0.15) is 0 Å². The molecule has 1 aliphatic heterocycles. The van der Waals surface area contributed by atoms with Gasteiger partial charge in [0.1, 0.15) is 0 Å². The van der Waals surface area contributed by atoms with Gasteiger partial charge in [-0.15, -0.1) is 0 Å². The van der Waals surface area contributed by atoms with Crippen LogP contribution in [0.4, 0.5) is 0 Å². The van der Waals surface area contributed by atoms with Crippen molar-refractivity contribution in [3.63, 3.8) is 0 Å². The summed E-state index contributed by atoms with van der Waals surface area (Å²) in [4.78, 5) is 11.8. The van der Waals surface area contributed by atoms with Gasteiger partial charge in [-0.05, 0) is 34.5 Å². The lowest BCUT2D eigenvalue weighted by Crippen LogP contribution is -2.15. The van der Waals surface area contributed by atoms with E-state index < -0.39 is 15.0 Å². The third-order valence-corrected chi connectivity index (χ3v) is 5.57. The van der Waals surface area contributed by atoms with Crippen molar-refractivity contribution < 1.29 is 22.7 Å². The minimum Gasteiger partial charge on any atom is -0.462 e. The molecule has 116 valence electrons. The number of benzene rings is 1. The molecule has 1 saturated heterocycles. The first-order valence-corrected chi connectivity index (χ1v) is 9.45. The van der Waals surface area contributed by atoms with Crippen LogP contribution in [0.1, 0.15) is 16.8 Å². The second kappa shape index (κ2) is 6.83. The molecule has 1 atom stereocenters. The standard InChI is InChI=1S/C12H11BrCl2O5S/c13-9-4-10(14)8(3-11(9)21(15,17)18)12(16)20-6-7-1-2-19-5-7/h3-4,7H,1-2,5-6H2. The van der Waals surface area contributed by atoms with E-state index in [1.54, 1.807) is 0 Å². The SMILES string of the molecule is O=C(OCC1CCOC1)c1cc(S(=O)(=O)Cl)c(Br)cc1Cl. The first-order valence-electron chi connectivity index (χ1n) is 5.97. The number of esters is 1. The van der Waals surface area contributed by atoms with Gasteiger partial charge in [0.25, 0.3) is 9.05 Å². The van der Waals surface area contributed by atoms with Gasteiger partial charge >= 0.3 is 5.97 Å². The Balaban J connectivity index is 2.20. The minimum atomic E-state index is -4.00. The molecule has 1 heterocycles. The second-order valence-corrected chi connectivity index (χ2v) is 8.32. The summed E-state index contributed by atoms with van der Waals surface area (Å²) in [5, 5.41) is 0.0820. The van der Waals surface area contributed by atoms with Crippen molar-refractivity contribution in [2.24, 2.45) is 5.92 Å². The van der Waals surface area contributed by atoms with Crippen molar-refractivity contribution in [3.8, 4) is 0 Å². The van der Waals surface area contributed by atoms with Crippen molar-refractivity contribution in [1.29, 1.82) is 0 Å². The highest BCUT2D eigenvalue weighted by atomic mass is 79.9. The largest absolute Gasteiger partial charge is 0.462 e. The number of hydrogen-bond donors (Lipinski definition) is 0. The first-order chi connectivity index (χ1) is 9.79. The van der Waals surface area contributed by atoms with Gasteiger partial charge in [0.15, 0.2) is 0 Å². The Morgan fingerprint density at radius 2 is 2.19 bits per heavy atom. The maximum Gasteiger partial charge on any atom is 0.339 e. The van der Waals surface area contributed by atoms with E-state index >= 15 is 0 Å². The molecule has 5 nitrogen and oxygen atoms in total. The molecule has 9 heteroatoms. The molecule has 0 aromatic heterocycles. The Morgan fingerprint density at radius 1 is 1.48 bits per heavy atom. The summed E-state index contributed by atoms with van der Waals surface area (Å²) in [5.41, 5.74) is -0.0435. The van der Waals surface area contributed by atoms with Crippen LogP contribution in [0.25, 0.3) is 0 Å². The molecule has 21 heavy (non-hydrogen) atoms. The summed E-state index contributed by atoms with van der Waals surface area (Å²) in [7, 11) is 1.31. The fourth-order valence-corrected chi connectivity index (χ4v) is 4.43.